The molecule has 0 spiro atoms. The maximum atomic E-state index is 12.2. The van der Waals surface area contributed by atoms with Crippen molar-refractivity contribution >= 4 is 23.6 Å². The van der Waals surface area contributed by atoms with E-state index in [1.165, 1.54) is 6.08 Å². The van der Waals surface area contributed by atoms with Gasteiger partial charge in [-0.05, 0) is 62.2 Å². The molecule has 7 heteroatoms. The highest BCUT2D eigenvalue weighted by Gasteiger charge is 2.15. The number of carbonyl (C=O) groups excluding carboxylic acids is 2. The molecule has 1 heterocycles. The van der Waals surface area contributed by atoms with Crippen LogP contribution in [0.25, 0.3) is 6.08 Å². The van der Waals surface area contributed by atoms with Crippen molar-refractivity contribution in [3.8, 4) is 12.1 Å². The number of rotatable bonds is 7. The molecule has 0 radical (unpaired) electrons. The standard InChI is InChI=1S/C22H22N4O3/c1-4-9-26-15(2)10-18(16(26)3)11-19(13-24)22(28)29-14-21(27)25-20-7-5-17(12-23)6-8-20/h5-8,10-11H,4,9,14H2,1-3H3,(H,25,27)/b19-11+. The molecule has 2 rings (SSSR count). The Hall–Kier alpha value is -3.84. The maximum absolute atomic E-state index is 12.2. The molecule has 148 valence electrons. The number of esters is 1. The number of anilines is 1. The lowest BCUT2D eigenvalue weighted by atomic mass is 10.1. The summed E-state index contributed by atoms with van der Waals surface area (Å²) < 4.78 is 7.09. The van der Waals surface area contributed by atoms with Gasteiger partial charge in [0.05, 0.1) is 11.6 Å². The largest absolute Gasteiger partial charge is 0.451 e. The van der Waals surface area contributed by atoms with E-state index >= 15 is 0 Å². The zero-order chi connectivity index (χ0) is 21.4. The Morgan fingerprint density at radius 2 is 1.90 bits per heavy atom. The second kappa shape index (κ2) is 9.91. The van der Waals surface area contributed by atoms with Crippen LogP contribution < -0.4 is 5.32 Å². The third-order valence-corrected chi connectivity index (χ3v) is 4.33. The van der Waals surface area contributed by atoms with Crippen LogP contribution in [0.3, 0.4) is 0 Å². The van der Waals surface area contributed by atoms with Crippen molar-refractivity contribution in [1.82, 2.24) is 4.57 Å². The topological polar surface area (TPSA) is 108 Å². The van der Waals surface area contributed by atoms with Gasteiger partial charge in [-0.15, -0.1) is 0 Å². The Bertz CT molecular complexity index is 1020. The van der Waals surface area contributed by atoms with E-state index in [-0.39, 0.29) is 5.57 Å². The molecule has 0 aliphatic carbocycles. The maximum Gasteiger partial charge on any atom is 0.349 e. The van der Waals surface area contributed by atoms with Crippen molar-refractivity contribution in [1.29, 1.82) is 10.5 Å². The first-order valence-electron chi connectivity index (χ1n) is 9.15. The van der Waals surface area contributed by atoms with Crippen molar-refractivity contribution in [2.24, 2.45) is 0 Å². The van der Waals surface area contributed by atoms with Crippen LogP contribution in [0.2, 0.25) is 0 Å². The second-order valence-corrected chi connectivity index (χ2v) is 6.46. The summed E-state index contributed by atoms with van der Waals surface area (Å²) in [4.78, 5) is 24.2. The lowest BCUT2D eigenvalue weighted by Gasteiger charge is -2.07. The Kier molecular flexibility index (Phi) is 7.33. The number of ether oxygens (including phenoxy) is 1. The highest BCUT2D eigenvalue weighted by Crippen LogP contribution is 2.19. The number of hydrogen-bond donors (Lipinski definition) is 1. The third kappa shape index (κ3) is 5.57. The van der Waals surface area contributed by atoms with Crippen molar-refractivity contribution in [2.45, 2.75) is 33.7 Å². The summed E-state index contributed by atoms with van der Waals surface area (Å²) in [6.45, 7) is 6.31. The van der Waals surface area contributed by atoms with Crippen LogP contribution in [0.5, 0.6) is 0 Å². The Morgan fingerprint density at radius 3 is 2.48 bits per heavy atom. The van der Waals surface area contributed by atoms with Crippen LogP contribution >= 0.6 is 0 Å². The molecule has 1 amide bonds. The zero-order valence-corrected chi connectivity index (χ0v) is 16.7. The molecule has 1 N–H and O–H groups in total. The first-order valence-corrected chi connectivity index (χ1v) is 9.15. The minimum absolute atomic E-state index is 0.173. The first-order chi connectivity index (χ1) is 13.9. The number of amides is 1. The Balaban J connectivity index is 2.02. The minimum atomic E-state index is -0.859. The second-order valence-electron chi connectivity index (χ2n) is 6.46. The van der Waals surface area contributed by atoms with E-state index in [2.05, 4.69) is 16.8 Å². The molecule has 2 aromatic rings. The minimum Gasteiger partial charge on any atom is -0.451 e. The molecule has 1 aromatic heterocycles. The molecule has 0 fully saturated rings. The van der Waals surface area contributed by atoms with Gasteiger partial charge in [0.15, 0.2) is 6.61 Å². The van der Waals surface area contributed by atoms with E-state index in [0.29, 0.717) is 11.3 Å². The summed E-state index contributed by atoms with van der Waals surface area (Å²) in [5.74, 6) is -1.40. The van der Waals surface area contributed by atoms with Crippen molar-refractivity contribution in [2.75, 3.05) is 11.9 Å². The average Bonchev–Trinajstić information content (AvgIpc) is 2.98. The molecule has 0 atom stereocenters. The van der Waals surface area contributed by atoms with Gasteiger partial charge >= 0.3 is 5.97 Å². The molecule has 0 saturated heterocycles. The number of hydrogen-bond acceptors (Lipinski definition) is 5. The summed E-state index contributed by atoms with van der Waals surface area (Å²) in [6.07, 6.45) is 2.45. The van der Waals surface area contributed by atoms with Crippen LogP contribution in [-0.4, -0.2) is 23.1 Å². The van der Waals surface area contributed by atoms with Gasteiger partial charge in [-0.1, -0.05) is 6.92 Å². The smallest absolute Gasteiger partial charge is 0.349 e. The molecule has 0 aliphatic heterocycles. The van der Waals surface area contributed by atoms with E-state index in [9.17, 15) is 14.9 Å². The number of nitrogens with one attached hydrogen (secondary N) is 1. The SMILES string of the molecule is CCCn1c(C)cc(/C=C(\C#N)C(=O)OCC(=O)Nc2ccc(C#N)cc2)c1C. The predicted molar refractivity (Wildman–Crippen MR) is 109 cm³/mol. The normalized spacial score (nSPS) is 10.7. The van der Waals surface area contributed by atoms with E-state index in [0.717, 1.165) is 29.9 Å². The number of nitrogens with zero attached hydrogens (tertiary/aromatic N) is 3. The van der Waals surface area contributed by atoms with E-state index in [4.69, 9.17) is 10.00 Å². The highest BCUT2D eigenvalue weighted by molar-refractivity contribution is 6.00. The molecular weight excluding hydrogens is 368 g/mol. The molecule has 0 aliphatic rings. The van der Waals surface area contributed by atoms with Gasteiger partial charge in [0, 0.05) is 23.6 Å². The predicted octanol–water partition coefficient (Wildman–Crippen LogP) is 3.48. The fourth-order valence-electron chi connectivity index (χ4n) is 2.87. The summed E-state index contributed by atoms with van der Waals surface area (Å²) in [5.41, 5.74) is 3.55. The van der Waals surface area contributed by atoms with E-state index in [1.54, 1.807) is 24.3 Å². The lowest BCUT2D eigenvalue weighted by Crippen LogP contribution is -2.21. The summed E-state index contributed by atoms with van der Waals surface area (Å²) in [6, 6.07) is 12.0. The Morgan fingerprint density at radius 1 is 1.21 bits per heavy atom. The van der Waals surface area contributed by atoms with Crippen LogP contribution in [0.4, 0.5) is 5.69 Å². The fraction of sp³-hybridized carbons (Fsp3) is 0.273. The van der Waals surface area contributed by atoms with Gasteiger partial charge in [-0.3, -0.25) is 4.79 Å². The molecule has 7 nitrogen and oxygen atoms in total. The van der Waals surface area contributed by atoms with Gasteiger partial charge in [0.2, 0.25) is 0 Å². The summed E-state index contributed by atoms with van der Waals surface area (Å²) in [7, 11) is 0. The molecule has 0 saturated carbocycles. The van der Waals surface area contributed by atoms with Gasteiger partial charge < -0.3 is 14.6 Å². The first kappa shape index (κ1) is 21.5. The third-order valence-electron chi connectivity index (χ3n) is 4.33. The lowest BCUT2D eigenvalue weighted by molar-refractivity contribution is -0.142. The number of aromatic nitrogens is 1. The van der Waals surface area contributed by atoms with Crippen LogP contribution in [0.15, 0.2) is 35.9 Å². The molecule has 0 unspecified atom stereocenters. The number of benzene rings is 1. The number of nitriles is 2. The summed E-state index contributed by atoms with van der Waals surface area (Å²) in [5, 5.41) is 20.7. The molecule has 0 bridgehead atoms. The van der Waals surface area contributed by atoms with Gasteiger partial charge in [0.25, 0.3) is 5.91 Å². The quantitative estimate of drug-likeness (QED) is 0.442. The zero-order valence-electron chi connectivity index (χ0n) is 16.7. The van der Waals surface area contributed by atoms with Crippen molar-refractivity contribution in [3.63, 3.8) is 0 Å². The van der Waals surface area contributed by atoms with Crippen LogP contribution in [0, 0.1) is 36.5 Å². The van der Waals surface area contributed by atoms with Crippen molar-refractivity contribution < 1.29 is 14.3 Å². The fourth-order valence-corrected chi connectivity index (χ4v) is 2.87. The molecule has 29 heavy (non-hydrogen) atoms. The average molecular weight is 390 g/mol. The van der Waals surface area contributed by atoms with E-state index < -0.39 is 18.5 Å². The van der Waals surface area contributed by atoms with Gasteiger partial charge in [-0.25, -0.2) is 4.79 Å². The number of aryl methyl sites for hydroxylation is 1. The monoisotopic (exact) mass is 390 g/mol. The highest BCUT2D eigenvalue weighted by atomic mass is 16.5. The van der Waals surface area contributed by atoms with Crippen LogP contribution in [0.1, 0.15) is 35.9 Å². The Labute approximate surface area is 169 Å². The van der Waals surface area contributed by atoms with Gasteiger partial charge in [-0.2, -0.15) is 10.5 Å². The van der Waals surface area contributed by atoms with E-state index in [1.807, 2.05) is 32.1 Å². The summed E-state index contributed by atoms with van der Waals surface area (Å²) >= 11 is 0. The van der Waals surface area contributed by atoms with Crippen molar-refractivity contribution in [3.05, 3.63) is 58.4 Å². The number of carbonyl (C=O) groups is 2. The molecule has 1 aromatic carbocycles. The molecular formula is C22H22N4O3. The van der Waals surface area contributed by atoms with Gasteiger partial charge in [0.1, 0.15) is 11.6 Å². The van der Waals surface area contributed by atoms with Crippen LogP contribution in [-0.2, 0) is 20.9 Å².